The van der Waals surface area contributed by atoms with Crippen LogP contribution in [0.4, 0.5) is 0 Å². The Morgan fingerprint density at radius 1 is 1.42 bits per heavy atom. The van der Waals surface area contributed by atoms with Crippen LogP contribution in [0.2, 0.25) is 0 Å². The van der Waals surface area contributed by atoms with Crippen LogP contribution in [0.5, 0.6) is 0 Å². The normalized spacial score (nSPS) is 13.8. The van der Waals surface area contributed by atoms with Crippen LogP contribution in [0.3, 0.4) is 0 Å². The fraction of sp³-hybridized carbons (Fsp3) is 0.533. The van der Waals surface area contributed by atoms with E-state index in [1.54, 1.807) is 0 Å². The predicted molar refractivity (Wildman–Crippen MR) is 86.4 cm³/mol. The molecule has 0 amide bonds. The van der Waals surface area contributed by atoms with Gasteiger partial charge in [0.1, 0.15) is 5.54 Å². The molecule has 1 unspecified atom stereocenters. The molecule has 0 aliphatic rings. The Bertz CT molecular complexity index is 430. The highest BCUT2D eigenvalue weighted by molar-refractivity contribution is 9.10. The fourth-order valence-corrected chi connectivity index (χ4v) is 3.27. The first kappa shape index (κ1) is 16.6. The van der Waals surface area contributed by atoms with E-state index in [2.05, 4.69) is 52.4 Å². The van der Waals surface area contributed by atoms with E-state index in [0.29, 0.717) is 0 Å². The van der Waals surface area contributed by atoms with Gasteiger partial charge in [-0.1, -0.05) is 19.1 Å². The highest BCUT2D eigenvalue weighted by Crippen LogP contribution is 2.28. The molecular formula is C15H21BrN2S. The number of nitrogens with one attached hydrogen (secondary N) is 1. The summed E-state index contributed by atoms with van der Waals surface area (Å²) in [4.78, 5) is 1.27. The molecule has 0 heterocycles. The second-order valence-corrected chi connectivity index (χ2v) is 6.74. The maximum Gasteiger partial charge on any atom is 0.103 e. The van der Waals surface area contributed by atoms with Gasteiger partial charge in [0.05, 0.1) is 6.07 Å². The van der Waals surface area contributed by atoms with Gasteiger partial charge in [-0.25, -0.2) is 0 Å². The van der Waals surface area contributed by atoms with Gasteiger partial charge in [-0.05, 0) is 66.5 Å². The predicted octanol–water partition coefficient (Wildman–Crippen LogP) is 4.60. The molecule has 0 spiro atoms. The second kappa shape index (κ2) is 8.63. The number of benzene rings is 1. The molecule has 1 N–H and O–H groups in total. The molecule has 0 saturated heterocycles. The van der Waals surface area contributed by atoms with E-state index in [1.807, 2.05) is 24.8 Å². The zero-order chi connectivity index (χ0) is 14.1. The van der Waals surface area contributed by atoms with E-state index in [0.717, 1.165) is 36.0 Å². The van der Waals surface area contributed by atoms with E-state index < -0.39 is 0 Å². The number of hydrogen-bond donors (Lipinski definition) is 1. The van der Waals surface area contributed by atoms with Gasteiger partial charge < -0.3 is 0 Å². The largest absolute Gasteiger partial charge is 0.300 e. The summed E-state index contributed by atoms with van der Waals surface area (Å²) >= 11 is 5.39. The van der Waals surface area contributed by atoms with Gasteiger partial charge in [0.15, 0.2) is 0 Å². The molecule has 0 aliphatic carbocycles. The van der Waals surface area contributed by atoms with E-state index in [-0.39, 0.29) is 5.54 Å². The molecule has 0 radical (unpaired) electrons. The topological polar surface area (TPSA) is 35.8 Å². The van der Waals surface area contributed by atoms with E-state index in [4.69, 9.17) is 0 Å². The van der Waals surface area contributed by atoms with Crippen LogP contribution < -0.4 is 5.32 Å². The summed E-state index contributed by atoms with van der Waals surface area (Å²) in [7, 11) is 0. The second-order valence-electron chi connectivity index (χ2n) is 4.75. The minimum atomic E-state index is -0.384. The van der Waals surface area contributed by atoms with Crippen LogP contribution in [0, 0.1) is 11.3 Å². The van der Waals surface area contributed by atoms with Gasteiger partial charge in [0, 0.05) is 9.37 Å². The van der Waals surface area contributed by atoms with Crippen LogP contribution in [0.1, 0.15) is 33.1 Å². The third-order valence-electron chi connectivity index (χ3n) is 2.93. The number of nitrogens with zero attached hydrogens (tertiary/aromatic N) is 1. The molecule has 0 bridgehead atoms. The van der Waals surface area contributed by atoms with Crippen molar-refractivity contribution in [1.82, 2.24) is 5.32 Å². The summed E-state index contributed by atoms with van der Waals surface area (Å²) in [6.07, 6.45) is 2.98. The summed E-state index contributed by atoms with van der Waals surface area (Å²) in [5.41, 5.74) is -0.384. The Morgan fingerprint density at radius 2 is 2.16 bits per heavy atom. The van der Waals surface area contributed by atoms with Gasteiger partial charge in [-0.2, -0.15) is 5.26 Å². The third kappa shape index (κ3) is 5.99. The summed E-state index contributed by atoms with van der Waals surface area (Å²) in [6.45, 7) is 5.01. The molecular weight excluding hydrogens is 320 g/mol. The number of halogens is 1. The molecule has 0 aromatic heterocycles. The lowest BCUT2D eigenvalue weighted by molar-refractivity contribution is 0.415. The van der Waals surface area contributed by atoms with Crippen molar-refractivity contribution in [1.29, 1.82) is 5.26 Å². The van der Waals surface area contributed by atoms with Crippen LogP contribution in [0.15, 0.2) is 33.6 Å². The maximum atomic E-state index is 9.25. The smallest absolute Gasteiger partial charge is 0.103 e. The fourth-order valence-electron chi connectivity index (χ4n) is 1.75. The summed E-state index contributed by atoms with van der Waals surface area (Å²) in [6, 6.07) is 10.6. The third-order valence-corrected chi connectivity index (χ3v) is 5.04. The van der Waals surface area contributed by atoms with Crippen molar-refractivity contribution < 1.29 is 0 Å². The Labute approximate surface area is 129 Å². The van der Waals surface area contributed by atoms with E-state index in [9.17, 15) is 5.26 Å². The lowest BCUT2D eigenvalue weighted by atomic mass is 9.98. The van der Waals surface area contributed by atoms with Crippen LogP contribution in [-0.4, -0.2) is 17.8 Å². The Morgan fingerprint density at radius 3 is 2.79 bits per heavy atom. The average molecular weight is 341 g/mol. The molecule has 1 atom stereocenters. The number of nitriles is 1. The Kier molecular flexibility index (Phi) is 7.52. The van der Waals surface area contributed by atoms with Gasteiger partial charge in [0.25, 0.3) is 0 Å². The highest BCUT2D eigenvalue weighted by Gasteiger charge is 2.21. The molecule has 1 rings (SSSR count). The van der Waals surface area contributed by atoms with E-state index >= 15 is 0 Å². The lowest BCUT2D eigenvalue weighted by Gasteiger charge is -2.22. The minimum absolute atomic E-state index is 0.384. The van der Waals surface area contributed by atoms with Gasteiger partial charge in [-0.15, -0.1) is 11.8 Å². The number of thioether (sulfide) groups is 1. The van der Waals surface area contributed by atoms with Crippen molar-refractivity contribution in [3.05, 3.63) is 28.7 Å². The Balaban J connectivity index is 2.34. The molecule has 104 valence electrons. The first-order valence-electron chi connectivity index (χ1n) is 6.65. The highest BCUT2D eigenvalue weighted by atomic mass is 79.9. The average Bonchev–Trinajstić information content (AvgIpc) is 2.43. The lowest BCUT2D eigenvalue weighted by Crippen LogP contribution is -2.41. The molecule has 19 heavy (non-hydrogen) atoms. The molecule has 2 nitrogen and oxygen atoms in total. The summed E-state index contributed by atoms with van der Waals surface area (Å²) in [5, 5.41) is 12.6. The van der Waals surface area contributed by atoms with Gasteiger partial charge in [0.2, 0.25) is 0 Å². The van der Waals surface area contributed by atoms with E-state index in [1.165, 1.54) is 4.90 Å². The quantitative estimate of drug-likeness (QED) is 0.554. The number of rotatable bonds is 8. The monoisotopic (exact) mass is 340 g/mol. The van der Waals surface area contributed by atoms with Crippen molar-refractivity contribution >= 4 is 27.7 Å². The van der Waals surface area contributed by atoms with Crippen LogP contribution >= 0.6 is 27.7 Å². The standard InChI is InChI=1S/C15H21BrN2S/c1-3-10-18-15(2,12-17)9-6-11-19-14-8-5-4-7-13(14)16/h4-5,7-8,18H,3,6,9-11H2,1-2H3. The summed E-state index contributed by atoms with van der Waals surface area (Å²) in [5.74, 6) is 1.04. The first-order chi connectivity index (χ1) is 9.11. The Hall–Kier alpha value is -0.500. The van der Waals surface area contributed by atoms with Crippen molar-refractivity contribution in [3.63, 3.8) is 0 Å². The van der Waals surface area contributed by atoms with Crippen LogP contribution in [0.25, 0.3) is 0 Å². The summed E-state index contributed by atoms with van der Waals surface area (Å²) < 4.78 is 1.15. The minimum Gasteiger partial charge on any atom is -0.300 e. The molecule has 0 aliphatic heterocycles. The zero-order valence-electron chi connectivity index (χ0n) is 11.6. The molecule has 0 saturated carbocycles. The zero-order valence-corrected chi connectivity index (χ0v) is 14.0. The maximum absolute atomic E-state index is 9.25. The van der Waals surface area contributed by atoms with Crippen LogP contribution in [-0.2, 0) is 0 Å². The molecule has 4 heteroatoms. The van der Waals surface area contributed by atoms with Gasteiger partial charge >= 0.3 is 0 Å². The number of hydrogen-bond acceptors (Lipinski definition) is 3. The molecule has 1 aromatic carbocycles. The molecule has 1 aromatic rings. The van der Waals surface area contributed by atoms with Crippen molar-refractivity contribution in [2.45, 2.75) is 43.5 Å². The van der Waals surface area contributed by atoms with Crippen molar-refractivity contribution in [2.75, 3.05) is 12.3 Å². The first-order valence-corrected chi connectivity index (χ1v) is 8.43. The van der Waals surface area contributed by atoms with Crippen molar-refractivity contribution in [3.8, 4) is 6.07 Å². The molecule has 0 fully saturated rings. The van der Waals surface area contributed by atoms with Crippen molar-refractivity contribution in [2.24, 2.45) is 0 Å². The van der Waals surface area contributed by atoms with Gasteiger partial charge in [-0.3, -0.25) is 5.32 Å². The SMILES string of the molecule is CCCNC(C)(C#N)CCCSc1ccccc1Br.